The zero-order chi connectivity index (χ0) is 10.4. The molecule has 14 heavy (non-hydrogen) atoms. The number of hydrogen-bond donors (Lipinski definition) is 1. The van der Waals surface area contributed by atoms with Gasteiger partial charge in [0.05, 0.1) is 6.61 Å². The third kappa shape index (κ3) is 2.98. The molecule has 1 saturated heterocycles. The summed E-state index contributed by atoms with van der Waals surface area (Å²) in [6.07, 6.45) is 4.60. The number of ether oxygens (including phenoxy) is 1. The van der Waals surface area contributed by atoms with Gasteiger partial charge in [-0.3, -0.25) is 4.79 Å². The summed E-state index contributed by atoms with van der Waals surface area (Å²) in [5.74, 6) is 0.415. The van der Waals surface area contributed by atoms with E-state index >= 15 is 0 Å². The van der Waals surface area contributed by atoms with Crippen molar-refractivity contribution in [3.63, 3.8) is 0 Å². The van der Waals surface area contributed by atoms with Crippen LogP contribution < -0.4 is 5.32 Å². The van der Waals surface area contributed by atoms with Gasteiger partial charge in [0.1, 0.15) is 6.04 Å². The lowest BCUT2D eigenvalue weighted by molar-refractivity contribution is -0.148. The quantitative estimate of drug-likeness (QED) is 0.701. The van der Waals surface area contributed by atoms with Gasteiger partial charge >= 0.3 is 5.97 Å². The van der Waals surface area contributed by atoms with E-state index in [1.165, 1.54) is 6.42 Å². The third-order valence-electron chi connectivity index (χ3n) is 2.79. The summed E-state index contributed by atoms with van der Waals surface area (Å²) >= 11 is 0. The standard InChI is InChI=1S/C11H21NO2/c1-3-6-9-7-5-8-12-10(9)11(13)14-4-2/h9-10,12H,3-8H2,1-2H3/t9-,10?/m1/s1. The molecule has 82 valence electrons. The van der Waals surface area contributed by atoms with Crippen LogP contribution in [0.15, 0.2) is 0 Å². The third-order valence-corrected chi connectivity index (χ3v) is 2.79. The number of nitrogens with one attached hydrogen (secondary N) is 1. The van der Waals surface area contributed by atoms with Crippen LogP contribution in [-0.4, -0.2) is 25.2 Å². The first kappa shape index (κ1) is 11.5. The molecule has 0 saturated carbocycles. The molecule has 3 nitrogen and oxygen atoms in total. The molecule has 1 heterocycles. The molecule has 0 aliphatic carbocycles. The van der Waals surface area contributed by atoms with Gasteiger partial charge in [-0.25, -0.2) is 0 Å². The van der Waals surface area contributed by atoms with E-state index in [4.69, 9.17) is 4.74 Å². The largest absolute Gasteiger partial charge is 0.465 e. The van der Waals surface area contributed by atoms with Gasteiger partial charge in [-0.05, 0) is 38.6 Å². The summed E-state index contributed by atoms with van der Waals surface area (Å²) in [5.41, 5.74) is 0. The van der Waals surface area contributed by atoms with Gasteiger partial charge in [-0.1, -0.05) is 13.3 Å². The monoisotopic (exact) mass is 199 g/mol. The van der Waals surface area contributed by atoms with Crippen LogP contribution in [0.25, 0.3) is 0 Å². The first-order chi connectivity index (χ1) is 6.79. The van der Waals surface area contributed by atoms with Crippen LogP contribution in [0.5, 0.6) is 0 Å². The number of carbonyl (C=O) groups excluding carboxylic acids is 1. The van der Waals surface area contributed by atoms with Crippen LogP contribution in [0.4, 0.5) is 0 Å². The minimum Gasteiger partial charge on any atom is -0.465 e. The summed E-state index contributed by atoms with van der Waals surface area (Å²) < 4.78 is 5.06. The van der Waals surface area contributed by atoms with Crippen molar-refractivity contribution in [1.29, 1.82) is 0 Å². The Bertz CT molecular complexity index is 180. The fourth-order valence-electron chi connectivity index (χ4n) is 2.14. The maximum Gasteiger partial charge on any atom is 0.323 e. The fraction of sp³-hybridized carbons (Fsp3) is 0.909. The highest BCUT2D eigenvalue weighted by atomic mass is 16.5. The van der Waals surface area contributed by atoms with Gasteiger partial charge in [-0.15, -0.1) is 0 Å². The average Bonchev–Trinajstić information content (AvgIpc) is 2.19. The van der Waals surface area contributed by atoms with E-state index in [9.17, 15) is 4.79 Å². The van der Waals surface area contributed by atoms with Gasteiger partial charge in [0.2, 0.25) is 0 Å². The Balaban J connectivity index is 2.48. The molecule has 0 aromatic rings. The van der Waals surface area contributed by atoms with Crippen LogP contribution in [0.3, 0.4) is 0 Å². The Morgan fingerprint density at radius 2 is 2.29 bits per heavy atom. The average molecular weight is 199 g/mol. The molecule has 1 unspecified atom stereocenters. The van der Waals surface area contributed by atoms with E-state index in [1.54, 1.807) is 0 Å². The molecule has 0 bridgehead atoms. The van der Waals surface area contributed by atoms with Crippen molar-refractivity contribution in [1.82, 2.24) is 5.32 Å². The maximum absolute atomic E-state index is 11.6. The number of rotatable bonds is 4. The molecule has 3 heteroatoms. The molecule has 0 amide bonds. The highest BCUT2D eigenvalue weighted by Gasteiger charge is 2.30. The van der Waals surface area contributed by atoms with Gasteiger partial charge in [0, 0.05) is 0 Å². The lowest BCUT2D eigenvalue weighted by Crippen LogP contribution is -2.47. The molecule has 1 aliphatic heterocycles. The fourth-order valence-corrected chi connectivity index (χ4v) is 2.14. The van der Waals surface area contributed by atoms with Gasteiger partial charge in [0.25, 0.3) is 0 Å². The molecule has 0 aromatic carbocycles. The zero-order valence-electron chi connectivity index (χ0n) is 9.21. The Kier molecular flexibility index (Phi) is 4.94. The maximum atomic E-state index is 11.6. The summed E-state index contributed by atoms with van der Waals surface area (Å²) in [7, 11) is 0. The van der Waals surface area contributed by atoms with Crippen molar-refractivity contribution < 1.29 is 9.53 Å². The van der Waals surface area contributed by atoms with Crippen LogP contribution in [0, 0.1) is 5.92 Å². The van der Waals surface area contributed by atoms with E-state index in [-0.39, 0.29) is 12.0 Å². The topological polar surface area (TPSA) is 38.3 Å². The normalized spacial score (nSPS) is 27.3. The first-order valence-corrected chi connectivity index (χ1v) is 5.69. The van der Waals surface area contributed by atoms with E-state index in [1.807, 2.05) is 6.92 Å². The Hall–Kier alpha value is -0.570. The SMILES string of the molecule is CCC[C@@H]1CCCNC1C(=O)OCC. The van der Waals surface area contributed by atoms with E-state index < -0.39 is 0 Å². The molecule has 0 radical (unpaired) electrons. The number of carbonyl (C=O) groups is 1. The minimum absolute atomic E-state index is 0.0522. The van der Waals surface area contributed by atoms with Crippen molar-refractivity contribution in [3.05, 3.63) is 0 Å². The van der Waals surface area contributed by atoms with Crippen molar-refractivity contribution in [2.24, 2.45) is 5.92 Å². The number of esters is 1. The summed E-state index contributed by atoms with van der Waals surface area (Å²) in [6, 6.07) is -0.0522. The lowest BCUT2D eigenvalue weighted by atomic mass is 9.87. The molecular weight excluding hydrogens is 178 g/mol. The molecule has 1 N–H and O–H groups in total. The van der Waals surface area contributed by atoms with Gasteiger partial charge in [0.15, 0.2) is 0 Å². The Morgan fingerprint density at radius 3 is 2.93 bits per heavy atom. The molecular formula is C11H21NO2. The summed E-state index contributed by atoms with van der Waals surface area (Å²) in [5, 5.41) is 3.26. The van der Waals surface area contributed by atoms with Crippen molar-refractivity contribution >= 4 is 5.97 Å². The second kappa shape index (κ2) is 6.02. The van der Waals surface area contributed by atoms with E-state index in [0.717, 1.165) is 25.8 Å². The van der Waals surface area contributed by atoms with E-state index in [2.05, 4.69) is 12.2 Å². The zero-order valence-corrected chi connectivity index (χ0v) is 9.21. The summed E-state index contributed by atoms with van der Waals surface area (Å²) in [6.45, 7) is 5.45. The first-order valence-electron chi connectivity index (χ1n) is 5.69. The Labute approximate surface area is 86.2 Å². The Morgan fingerprint density at radius 1 is 1.50 bits per heavy atom. The second-order valence-electron chi connectivity index (χ2n) is 3.87. The predicted molar refractivity (Wildman–Crippen MR) is 56.1 cm³/mol. The van der Waals surface area contributed by atoms with Crippen molar-refractivity contribution in [3.8, 4) is 0 Å². The summed E-state index contributed by atoms with van der Waals surface area (Å²) in [4.78, 5) is 11.6. The van der Waals surface area contributed by atoms with Crippen LogP contribution in [0.1, 0.15) is 39.5 Å². The minimum atomic E-state index is -0.0642. The van der Waals surface area contributed by atoms with Crippen LogP contribution in [-0.2, 0) is 9.53 Å². The smallest absolute Gasteiger partial charge is 0.323 e. The van der Waals surface area contributed by atoms with Gasteiger partial charge in [-0.2, -0.15) is 0 Å². The van der Waals surface area contributed by atoms with Crippen molar-refractivity contribution in [2.45, 2.75) is 45.6 Å². The number of piperidine rings is 1. The predicted octanol–water partition coefficient (Wildman–Crippen LogP) is 1.72. The highest BCUT2D eigenvalue weighted by Crippen LogP contribution is 2.22. The molecule has 2 atom stereocenters. The lowest BCUT2D eigenvalue weighted by Gasteiger charge is -2.30. The molecule has 0 spiro atoms. The molecule has 1 fully saturated rings. The molecule has 0 aromatic heterocycles. The molecule has 1 rings (SSSR count). The van der Waals surface area contributed by atoms with Gasteiger partial charge < -0.3 is 10.1 Å². The second-order valence-corrected chi connectivity index (χ2v) is 3.87. The molecule has 1 aliphatic rings. The highest BCUT2D eigenvalue weighted by molar-refractivity contribution is 5.76. The van der Waals surface area contributed by atoms with Crippen LogP contribution >= 0.6 is 0 Å². The van der Waals surface area contributed by atoms with Crippen molar-refractivity contribution in [2.75, 3.05) is 13.2 Å². The van der Waals surface area contributed by atoms with Crippen LogP contribution in [0.2, 0.25) is 0 Å². The number of hydrogen-bond acceptors (Lipinski definition) is 3. The van der Waals surface area contributed by atoms with E-state index in [0.29, 0.717) is 12.5 Å².